The fourth-order valence-corrected chi connectivity index (χ4v) is 5.44. The first-order chi connectivity index (χ1) is 16.5. The maximum atomic E-state index is 5.89. The molecule has 4 aromatic rings. The van der Waals surface area contributed by atoms with Gasteiger partial charge >= 0.3 is 0 Å². The minimum Gasteiger partial charge on any atom is -0.495 e. The number of hydrogen-bond acceptors (Lipinski definition) is 3. The molecule has 1 N–H and O–H groups in total. The van der Waals surface area contributed by atoms with Crippen LogP contribution in [0.2, 0.25) is 0 Å². The van der Waals surface area contributed by atoms with E-state index in [2.05, 4.69) is 85.9 Å². The first kappa shape index (κ1) is 22.6. The van der Waals surface area contributed by atoms with Gasteiger partial charge in [-0.05, 0) is 86.2 Å². The highest BCUT2D eigenvalue weighted by Gasteiger charge is 2.43. The Hall–Kier alpha value is -3.16. The van der Waals surface area contributed by atoms with Gasteiger partial charge in [0, 0.05) is 27.7 Å². The number of thiocarbonyl (C=S) groups is 1. The van der Waals surface area contributed by atoms with Crippen LogP contribution in [0.4, 0.5) is 5.69 Å². The Labute approximate surface area is 213 Å². The lowest BCUT2D eigenvalue weighted by molar-refractivity contribution is 0.414. The Kier molecular flexibility index (Phi) is 6.15. The van der Waals surface area contributed by atoms with Crippen molar-refractivity contribution in [1.82, 2.24) is 14.9 Å². The van der Waals surface area contributed by atoms with Gasteiger partial charge in [0.1, 0.15) is 5.75 Å². The van der Waals surface area contributed by atoms with Crippen molar-refractivity contribution in [3.63, 3.8) is 0 Å². The zero-order valence-corrected chi connectivity index (χ0v) is 21.6. The first-order valence-electron chi connectivity index (χ1n) is 11.1. The van der Waals surface area contributed by atoms with Crippen LogP contribution in [0.1, 0.15) is 34.7 Å². The number of aryl methyl sites for hydroxylation is 1. The summed E-state index contributed by atoms with van der Waals surface area (Å²) in [6.07, 6.45) is 1.83. The molecule has 3 heterocycles. The summed E-state index contributed by atoms with van der Waals surface area (Å²) in [5.41, 5.74) is 6.51. The van der Waals surface area contributed by atoms with E-state index in [4.69, 9.17) is 17.0 Å². The standard InChI is InChI=1S/C27H25BrN4OS/c1-17-16-21(18(2)31(17)20-13-11-19(28)12-14-20)26-25(22-8-6-7-15-29-22)30-27(34)32(26)23-9-4-5-10-24(23)33-3/h4-16,25-26H,1-3H3,(H,30,34). The lowest BCUT2D eigenvalue weighted by Crippen LogP contribution is -2.30. The zero-order valence-electron chi connectivity index (χ0n) is 19.2. The summed E-state index contributed by atoms with van der Waals surface area (Å²) in [7, 11) is 1.69. The monoisotopic (exact) mass is 532 g/mol. The van der Waals surface area contributed by atoms with Gasteiger partial charge in [0.15, 0.2) is 5.11 Å². The van der Waals surface area contributed by atoms with Gasteiger partial charge in [-0.2, -0.15) is 0 Å². The van der Waals surface area contributed by atoms with Crippen molar-refractivity contribution in [3.8, 4) is 11.4 Å². The molecule has 7 heteroatoms. The van der Waals surface area contributed by atoms with E-state index in [1.54, 1.807) is 7.11 Å². The van der Waals surface area contributed by atoms with Crippen molar-refractivity contribution in [2.24, 2.45) is 0 Å². The molecular weight excluding hydrogens is 508 g/mol. The van der Waals surface area contributed by atoms with E-state index < -0.39 is 0 Å². The fourth-order valence-electron chi connectivity index (χ4n) is 4.83. The van der Waals surface area contributed by atoms with Crippen LogP contribution in [0.25, 0.3) is 5.69 Å². The number of halogens is 1. The maximum Gasteiger partial charge on any atom is 0.174 e. The van der Waals surface area contributed by atoms with Crippen LogP contribution < -0.4 is 15.0 Å². The number of hydrogen-bond donors (Lipinski definition) is 1. The third-order valence-corrected chi connectivity index (χ3v) is 7.16. The first-order valence-corrected chi connectivity index (χ1v) is 12.3. The average Bonchev–Trinajstić information content (AvgIpc) is 3.35. The van der Waals surface area contributed by atoms with Gasteiger partial charge < -0.3 is 19.5 Å². The Morgan fingerprint density at radius 1 is 1.00 bits per heavy atom. The predicted molar refractivity (Wildman–Crippen MR) is 144 cm³/mol. The summed E-state index contributed by atoms with van der Waals surface area (Å²) in [5, 5.41) is 4.20. The number of nitrogens with one attached hydrogen (secondary N) is 1. The number of pyridine rings is 1. The topological polar surface area (TPSA) is 42.3 Å². The number of para-hydroxylation sites is 2. The molecule has 1 saturated heterocycles. The summed E-state index contributed by atoms with van der Waals surface area (Å²) in [6, 6.07) is 24.4. The molecule has 0 amide bonds. The number of ether oxygens (including phenoxy) is 1. The number of benzene rings is 2. The number of rotatable bonds is 5. The third-order valence-electron chi connectivity index (χ3n) is 6.32. The minimum atomic E-state index is -0.113. The summed E-state index contributed by atoms with van der Waals surface area (Å²) in [4.78, 5) is 6.84. The Morgan fingerprint density at radius 2 is 1.74 bits per heavy atom. The van der Waals surface area contributed by atoms with Crippen molar-refractivity contribution >= 4 is 38.9 Å². The van der Waals surface area contributed by atoms with Crippen LogP contribution in [0.15, 0.2) is 83.5 Å². The van der Waals surface area contributed by atoms with E-state index in [0.717, 1.165) is 38.7 Å². The van der Waals surface area contributed by atoms with Crippen molar-refractivity contribution in [3.05, 3.63) is 106 Å². The smallest absolute Gasteiger partial charge is 0.174 e. The highest BCUT2D eigenvalue weighted by Crippen LogP contribution is 2.46. The molecule has 5 nitrogen and oxygen atoms in total. The Balaban J connectivity index is 1.70. The summed E-state index contributed by atoms with van der Waals surface area (Å²) >= 11 is 9.44. The molecule has 1 fully saturated rings. The van der Waals surface area contributed by atoms with Gasteiger partial charge in [0.05, 0.1) is 30.6 Å². The molecule has 0 spiro atoms. The van der Waals surface area contributed by atoms with Gasteiger partial charge in [-0.25, -0.2) is 0 Å². The number of aromatic nitrogens is 2. The van der Waals surface area contributed by atoms with Gasteiger partial charge in [0.2, 0.25) is 0 Å². The van der Waals surface area contributed by atoms with E-state index in [1.165, 1.54) is 5.56 Å². The van der Waals surface area contributed by atoms with Crippen LogP contribution in [0.5, 0.6) is 5.75 Å². The molecule has 0 radical (unpaired) electrons. The second-order valence-corrected chi connectivity index (χ2v) is 9.61. The molecule has 1 aliphatic rings. The average molecular weight is 533 g/mol. The summed E-state index contributed by atoms with van der Waals surface area (Å²) in [5.74, 6) is 0.778. The number of anilines is 1. The van der Waals surface area contributed by atoms with Crippen LogP contribution in [0, 0.1) is 13.8 Å². The van der Waals surface area contributed by atoms with Crippen molar-refractivity contribution in [2.45, 2.75) is 25.9 Å². The molecule has 2 unspecified atom stereocenters. The van der Waals surface area contributed by atoms with Crippen LogP contribution in [-0.4, -0.2) is 21.8 Å². The molecule has 2 atom stereocenters. The van der Waals surface area contributed by atoms with Crippen molar-refractivity contribution < 1.29 is 4.74 Å². The summed E-state index contributed by atoms with van der Waals surface area (Å²) in [6.45, 7) is 4.31. The third kappa shape index (κ3) is 3.89. The molecule has 2 aromatic carbocycles. The SMILES string of the molecule is COc1ccccc1N1C(=S)NC(c2ccccn2)C1c1cc(C)n(-c2ccc(Br)cc2)c1C. The van der Waals surface area contributed by atoms with E-state index in [-0.39, 0.29) is 12.1 Å². The highest BCUT2D eigenvalue weighted by atomic mass is 79.9. The quantitative estimate of drug-likeness (QED) is 0.299. The lowest BCUT2D eigenvalue weighted by Gasteiger charge is -2.29. The number of methoxy groups -OCH3 is 1. The second-order valence-electron chi connectivity index (χ2n) is 8.31. The van der Waals surface area contributed by atoms with Gasteiger partial charge in [-0.3, -0.25) is 4.98 Å². The molecule has 2 aromatic heterocycles. The largest absolute Gasteiger partial charge is 0.495 e. The highest BCUT2D eigenvalue weighted by molar-refractivity contribution is 9.10. The van der Waals surface area contributed by atoms with Crippen LogP contribution in [0.3, 0.4) is 0 Å². The molecule has 0 bridgehead atoms. The lowest BCUT2D eigenvalue weighted by atomic mass is 9.96. The second kappa shape index (κ2) is 9.24. The molecular formula is C27H25BrN4OS. The Morgan fingerprint density at radius 3 is 2.44 bits per heavy atom. The molecule has 0 aliphatic carbocycles. The minimum absolute atomic E-state index is 0.103. The molecule has 34 heavy (non-hydrogen) atoms. The van der Waals surface area contributed by atoms with E-state index in [1.807, 2.05) is 42.6 Å². The van der Waals surface area contributed by atoms with Gasteiger partial charge in [-0.1, -0.05) is 34.1 Å². The van der Waals surface area contributed by atoms with E-state index in [9.17, 15) is 0 Å². The van der Waals surface area contributed by atoms with Crippen LogP contribution in [-0.2, 0) is 0 Å². The van der Waals surface area contributed by atoms with Gasteiger partial charge in [-0.15, -0.1) is 0 Å². The van der Waals surface area contributed by atoms with Crippen molar-refractivity contribution in [2.75, 3.05) is 12.0 Å². The molecule has 5 rings (SSSR count). The van der Waals surface area contributed by atoms with Crippen LogP contribution >= 0.6 is 28.1 Å². The molecule has 0 saturated carbocycles. The normalized spacial score (nSPS) is 17.6. The predicted octanol–water partition coefficient (Wildman–Crippen LogP) is 6.44. The van der Waals surface area contributed by atoms with Gasteiger partial charge in [0.25, 0.3) is 0 Å². The zero-order chi connectivity index (χ0) is 23.8. The number of nitrogens with zero attached hydrogens (tertiary/aromatic N) is 3. The fraction of sp³-hybridized carbons (Fsp3) is 0.185. The molecule has 172 valence electrons. The van der Waals surface area contributed by atoms with Crippen molar-refractivity contribution in [1.29, 1.82) is 0 Å². The van der Waals surface area contributed by atoms with E-state index >= 15 is 0 Å². The Bertz CT molecular complexity index is 1340. The molecule has 1 aliphatic heterocycles. The maximum absolute atomic E-state index is 5.89. The summed E-state index contributed by atoms with van der Waals surface area (Å²) < 4.78 is 9.06. The van der Waals surface area contributed by atoms with E-state index in [0.29, 0.717) is 5.11 Å².